The number of anilines is 1. The molecular formula is C14H20N2O3S. The van der Waals surface area contributed by atoms with E-state index in [1.54, 1.807) is 18.2 Å². The zero-order chi connectivity index (χ0) is 15.3. The number of sulfonamides is 1. The van der Waals surface area contributed by atoms with E-state index >= 15 is 0 Å². The molecule has 0 amide bonds. The molecular weight excluding hydrogens is 276 g/mol. The molecule has 0 radical (unpaired) electrons. The highest BCUT2D eigenvalue weighted by atomic mass is 32.2. The van der Waals surface area contributed by atoms with Gasteiger partial charge in [-0.25, -0.2) is 8.42 Å². The van der Waals surface area contributed by atoms with Gasteiger partial charge >= 0.3 is 0 Å². The van der Waals surface area contributed by atoms with Crippen molar-refractivity contribution in [3.63, 3.8) is 0 Å². The van der Waals surface area contributed by atoms with E-state index in [2.05, 4.69) is 0 Å². The Balaban J connectivity index is 3.32. The summed E-state index contributed by atoms with van der Waals surface area (Å²) in [4.78, 5) is 0. The van der Waals surface area contributed by atoms with E-state index in [1.807, 2.05) is 19.9 Å². The first kappa shape index (κ1) is 16.3. The van der Waals surface area contributed by atoms with Crippen molar-refractivity contribution in [2.45, 2.75) is 20.3 Å². The number of ether oxygens (including phenoxy) is 1. The predicted molar refractivity (Wildman–Crippen MR) is 79.3 cm³/mol. The Kier molecular flexibility index (Phi) is 5.40. The van der Waals surface area contributed by atoms with Gasteiger partial charge in [-0.2, -0.15) is 5.26 Å². The second-order valence-electron chi connectivity index (χ2n) is 5.03. The van der Waals surface area contributed by atoms with Crippen LogP contribution >= 0.6 is 0 Å². The smallest absolute Gasteiger partial charge is 0.232 e. The molecule has 0 fully saturated rings. The predicted octanol–water partition coefficient (Wildman–Crippen LogP) is 2.18. The first-order valence-corrected chi connectivity index (χ1v) is 8.17. The summed E-state index contributed by atoms with van der Waals surface area (Å²) in [5, 5.41) is 8.63. The third kappa shape index (κ3) is 4.14. The third-order valence-electron chi connectivity index (χ3n) is 2.85. The minimum absolute atomic E-state index is 0.0584. The quantitative estimate of drug-likeness (QED) is 0.806. The van der Waals surface area contributed by atoms with Crippen LogP contribution in [0.25, 0.3) is 0 Å². The number of hydrogen-bond donors (Lipinski definition) is 0. The maximum absolute atomic E-state index is 11.7. The minimum Gasteiger partial charge on any atom is -0.478 e. The number of rotatable bonds is 6. The number of nitrogens with zero attached hydrogens (tertiary/aromatic N) is 2. The van der Waals surface area contributed by atoms with Crippen LogP contribution in [0.5, 0.6) is 5.75 Å². The lowest BCUT2D eigenvalue weighted by molar-refractivity contribution is 0.362. The molecule has 0 aromatic heterocycles. The summed E-state index contributed by atoms with van der Waals surface area (Å²) in [7, 11) is -1.82. The Morgan fingerprint density at radius 3 is 2.55 bits per heavy atom. The van der Waals surface area contributed by atoms with E-state index in [0.717, 1.165) is 11.8 Å². The Morgan fingerprint density at radius 1 is 1.40 bits per heavy atom. The first-order valence-electron chi connectivity index (χ1n) is 6.33. The summed E-state index contributed by atoms with van der Waals surface area (Å²) in [5.41, 5.74) is 1.40. The molecule has 0 unspecified atom stereocenters. The molecule has 1 rings (SSSR count). The van der Waals surface area contributed by atoms with Gasteiger partial charge in [-0.1, -0.05) is 19.9 Å². The van der Waals surface area contributed by atoms with Crippen molar-refractivity contribution in [1.82, 2.24) is 0 Å². The third-order valence-corrected chi connectivity index (χ3v) is 4.04. The lowest BCUT2D eigenvalue weighted by Gasteiger charge is -2.23. The van der Waals surface area contributed by atoms with Crippen LogP contribution in [0, 0.1) is 17.2 Å². The van der Waals surface area contributed by atoms with Gasteiger partial charge in [0.1, 0.15) is 11.8 Å². The summed E-state index contributed by atoms with van der Waals surface area (Å²) >= 11 is 0. The van der Waals surface area contributed by atoms with E-state index in [1.165, 1.54) is 11.4 Å². The van der Waals surface area contributed by atoms with Crippen molar-refractivity contribution in [1.29, 1.82) is 5.26 Å². The van der Waals surface area contributed by atoms with Crippen molar-refractivity contribution in [2.24, 2.45) is 5.92 Å². The van der Waals surface area contributed by atoms with E-state index in [9.17, 15) is 8.42 Å². The fourth-order valence-electron chi connectivity index (χ4n) is 1.89. The second kappa shape index (κ2) is 6.62. The van der Waals surface area contributed by atoms with Crippen molar-refractivity contribution >= 4 is 15.7 Å². The first-order chi connectivity index (χ1) is 9.27. The fraction of sp³-hybridized carbons (Fsp3) is 0.500. The second-order valence-corrected chi connectivity index (χ2v) is 7.04. The maximum atomic E-state index is 11.7. The van der Waals surface area contributed by atoms with Crippen LogP contribution in [0.4, 0.5) is 5.69 Å². The Hall–Kier alpha value is -1.74. The molecule has 6 heteroatoms. The van der Waals surface area contributed by atoms with Gasteiger partial charge in [-0.05, 0) is 24.5 Å². The van der Waals surface area contributed by atoms with Crippen LogP contribution in [0.15, 0.2) is 18.2 Å². The standard InChI is InChI=1S/C14H20N2O3S/c1-11(2)10-12-13(16(3)20(4,17)18)6-5-7-14(12)19-9-8-15/h5-7,11H,9-10H2,1-4H3. The summed E-state index contributed by atoms with van der Waals surface area (Å²) in [6.07, 6.45) is 1.84. The molecule has 0 atom stereocenters. The molecule has 1 aromatic rings. The Labute approximate surface area is 120 Å². The highest BCUT2D eigenvalue weighted by Gasteiger charge is 2.19. The van der Waals surface area contributed by atoms with E-state index in [0.29, 0.717) is 23.8 Å². The Bertz CT molecular complexity index is 603. The van der Waals surface area contributed by atoms with Gasteiger partial charge in [-0.3, -0.25) is 4.31 Å². The normalized spacial score (nSPS) is 11.2. The molecule has 0 bridgehead atoms. The highest BCUT2D eigenvalue weighted by molar-refractivity contribution is 7.92. The molecule has 1 aromatic carbocycles. The zero-order valence-corrected chi connectivity index (χ0v) is 13.1. The van der Waals surface area contributed by atoms with Gasteiger partial charge < -0.3 is 4.74 Å². The SMILES string of the molecule is CC(C)Cc1c(OCC#N)cccc1N(C)S(C)(=O)=O. The molecule has 0 N–H and O–H groups in total. The van der Waals surface area contributed by atoms with E-state index in [4.69, 9.17) is 10.00 Å². The topological polar surface area (TPSA) is 70.4 Å². The van der Waals surface area contributed by atoms with Crippen LogP contribution in [0.1, 0.15) is 19.4 Å². The van der Waals surface area contributed by atoms with Crippen LogP contribution in [0.3, 0.4) is 0 Å². The van der Waals surface area contributed by atoms with Gasteiger partial charge in [0.05, 0.1) is 11.9 Å². The molecule has 0 spiro atoms. The number of nitriles is 1. The molecule has 5 nitrogen and oxygen atoms in total. The van der Waals surface area contributed by atoms with Crippen LogP contribution in [-0.2, 0) is 16.4 Å². The zero-order valence-electron chi connectivity index (χ0n) is 12.3. The molecule has 0 saturated carbocycles. The molecule has 0 aliphatic rings. The summed E-state index contributed by atoms with van der Waals surface area (Å²) in [5.74, 6) is 0.904. The van der Waals surface area contributed by atoms with Crippen LogP contribution < -0.4 is 9.04 Å². The van der Waals surface area contributed by atoms with Crippen molar-refractivity contribution in [3.8, 4) is 11.8 Å². The minimum atomic E-state index is -3.34. The largest absolute Gasteiger partial charge is 0.478 e. The lowest BCUT2D eigenvalue weighted by Crippen LogP contribution is -2.26. The summed E-state index contributed by atoms with van der Waals surface area (Å²) in [6, 6.07) is 7.16. The summed E-state index contributed by atoms with van der Waals surface area (Å²) < 4.78 is 30.1. The van der Waals surface area contributed by atoms with E-state index in [-0.39, 0.29) is 6.61 Å². The molecule has 0 saturated heterocycles. The summed E-state index contributed by atoms with van der Waals surface area (Å²) in [6.45, 7) is 4.04. The van der Waals surface area contributed by atoms with Crippen molar-refractivity contribution in [2.75, 3.05) is 24.2 Å². The molecule has 0 aliphatic heterocycles. The molecule has 20 heavy (non-hydrogen) atoms. The van der Waals surface area contributed by atoms with Crippen molar-refractivity contribution in [3.05, 3.63) is 23.8 Å². The number of benzene rings is 1. The molecule has 0 heterocycles. The average Bonchev–Trinajstić information content (AvgIpc) is 2.35. The number of hydrogen-bond acceptors (Lipinski definition) is 4. The lowest BCUT2D eigenvalue weighted by atomic mass is 10.00. The molecule has 110 valence electrons. The highest BCUT2D eigenvalue weighted by Crippen LogP contribution is 2.32. The Morgan fingerprint density at radius 2 is 2.05 bits per heavy atom. The van der Waals surface area contributed by atoms with E-state index < -0.39 is 10.0 Å². The van der Waals surface area contributed by atoms with Gasteiger partial charge in [0.15, 0.2) is 6.61 Å². The maximum Gasteiger partial charge on any atom is 0.232 e. The van der Waals surface area contributed by atoms with Crippen molar-refractivity contribution < 1.29 is 13.2 Å². The van der Waals surface area contributed by atoms with Gasteiger partial charge in [-0.15, -0.1) is 0 Å². The molecule has 0 aliphatic carbocycles. The monoisotopic (exact) mass is 296 g/mol. The van der Waals surface area contributed by atoms with Crippen LogP contribution in [0.2, 0.25) is 0 Å². The van der Waals surface area contributed by atoms with Gasteiger partial charge in [0, 0.05) is 12.6 Å². The fourth-order valence-corrected chi connectivity index (χ4v) is 2.41. The van der Waals surface area contributed by atoms with Gasteiger partial charge in [0.2, 0.25) is 10.0 Å². The van der Waals surface area contributed by atoms with Crippen LogP contribution in [-0.4, -0.2) is 28.3 Å². The van der Waals surface area contributed by atoms with Gasteiger partial charge in [0.25, 0.3) is 0 Å². The average molecular weight is 296 g/mol.